The number of aromatic carboxylic acids is 3. The number of hydrogen-bond donors (Lipinski definition) is 9. The molecule has 33 nitrogen and oxygen atoms in total. The number of ether oxygens (including phenoxy) is 6. The second kappa shape index (κ2) is 47.7. The van der Waals surface area contributed by atoms with Gasteiger partial charge >= 0.3 is 41.3 Å². The normalized spacial score (nSPS) is 10.8. The Morgan fingerprint density at radius 3 is 0.910 bits per heavy atom. The van der Waals surface area contributed by atoms with Crippen molar-refractivity contribution in [2.75, 3.05) is 82.8 Å². The Balaban J connectivity index is 0.000000220. The summed E-state index contributed by atoms with van der Waals surface area (Å²) in [6.07, 6.45) is -1.17. The number of nitrogens with two attached hydrogens (primary N) is 6. The number of rotatable bonds is 19. The van der Waals surface area contributed by atoms with Crippen molar-refractivity contribution in [3.63, 3.8) is 0 Å². The van der Waals surface area contributed by atoms with Gasteiger partial charge in [-0.05, 0) is 97.7 Å². The SMILES string of the molecule is COC(=O)c1nc(-c2ccc(Cl)c(C)c2F)nc(N)c1Cl.COC(=O)c1nc(-c2ccc(Cl)c(OCC(F)F)c2F)nc(N)c1Cl.COC(=O)c1nc(-c2ccc(Cl)c(SC(F)(F)F)c2F)nc(N)c1Cl.COc1c(Cl)ccc(-c2nc(N)c(Cl)c(C(=O)O)n2)c1Cl.COc1c(Cl)ccc(-c2nc(N)c(Cl)c(C(=O)O)n2)c1F.CSc1c(Cl)ccc(-c2nc(N)c(Cl)c(C(=O)O)n2)c1F. The van der Waals surface area contributed by atoms with E-state index >= 15 is 0 Å². The van der Waals surface area contributed by atoms with Gasteiger partial charge in [0.25, 0.3) is 6.43 Å². The van der Waals surface area contributed by atoms with Gasteiger partial charge in [0.15, 0.2) is 98.0 Å². The van der Waals surface area contributed by atoms with Crippen LogP contribution in [0.1, 0.15) is 68.5 Å². The lowest BCUT2D eigenvalue weighted by Gasteiger charge is -2.12. The number of methoxy groups -OCH3 is 5. The summed E-state index contributed by atoms with van der Waals surface area (Å²) in [5.41, 5.74) is 26.0. The minimum absolute atomic E-state index is 0.00498. The number of esters is 3. The van der Waals surface area contributed by atoms with E-state index in [0.717, 1.165) is 38.1 Å². The fourth-order valence-corrected chi connectivity index (χ4v) is 14.0. The number of carbonyl (C=O) groups is 6. The van der Waals surface area contributed by atoms with Crippen molar-refractivity contribution >= 4 is 245 Å². The molecule has 15 N–H and O–H groups in total. The standard InChI is InChI=1S/C14H10Cl2F3N3O3.C13H7Cl2F4N3O2S.C13H10Cl2FN3O2.C12H8Cl3N3O3.C12H8Cl2FN3O3.C12H8Cl2FN3O2S/c1-24-14(23)10-8(16)12(20)22-13(21-10)5-2-3-6(15)11(9(5)19)25-4-7(17)18;1-24-12(23)8-6(15)10(20)22-11(21-8)4-2-3-5(14)9(7(4)16)25-13(17,18)19;1-5-7(14)4-3-6(9(5)16)12-18-10(13(20)21-2)8(15)11(17)19-12;1-21-9-5(13)3-2-4(6(9)14)11-17-8(12(19)20)7(15)10(16)18-11;2*1-21-9-5(13)3-2-4(7(9)15)11-17-8(12(19)20)6(14)10(16)18-11/h2-3,7H,4H2,1H3,(H2,20,21,22);2-3H,1H3,(H2,20,21,22);3-4H,1-2H3,(H2,17,18,19);3*2-3H,1H3,(H,19,20)(H2,16,17,18). The van der Waals surface area contributed by atoms with Gasteiger partial charge in [-0.1, -0.05) is 151 Å². The molecule has 0 saturated heterocycles. The topological polar surface area (TPSA) is 529 Å². The maximum absolute atomic E-state index is 14.6. The zero-order chi connectivity index (χ0) is 101. The van der Waals surface area contributed by atoms with Crippen LogP contribution in [-0.4, -0.2) is 171 Å². The van der Waals surface area contributed by atoms with E-state index in [9.17, 15) is 72.7 Å². The van der Waals surface area contributed by atoms with Crippen LogP contribution in [0.2, 0.25) is 65.3 Å². The van der Waals surface area contributed by atoms with Gasteiger partial charge in [-0.25, -0.2) is 119 Å². The van der Waals surface area contributed by atoms with Gasteiger partial charge in [0, 0.05) is 16.1 Å². The average molecular weight is 2170 g/mol. The van der Waals surface area contributed by atoms with Crippen LogP contribution < -0.4 is 48.6 Å². The molecule has 0 aliphatic carbocycles. The average Bonchev–Trinajstić information content (AvgIpc) is 0.806. The van der Waals surface area contributed by atoms with Crippen molar-refractivity contribution in [2.24, 2.45) is 0 Å². The Bertz CT molecular complexity index is 6340. The lowest BCUT2D eigenvalue weighted by atomic mass is 10.1. The summed E-state index contributed by atoms with van der Waals surface area (Å²) in [5.74, 6) is -14.6. The molecule has 0 aliphatic heterocycles. The minimum atomic E-state index is -4.76. The quantitative estimate of drug-likeness (QED) is 0.0157. The van der Waals surface area contributed by atoms with Crippen LogP contribution in [0, 0.1) is 36.0 Å². The number of nitrogen functional groups attached to an aromatic ring is 6. The summed E-state index contributed by atoms with van der Waals surface area (Å²) in [6.45, 7) is 0.457. The van der Waals surface area contributed by atoms with E-state index in [0.29, 0.717) is 10.6 Å². The van der Waals surface area contributed by atoms with Crippen LogP contribution in [0.25, 0.3) is 68.3 Å². The molecule has 6 aromatic carbocycles. The monoisotopic (exact) mass is 2160 g/mol. The molecule has 6 heterocycles. The molecule has 6 aromatic heterocycles. The van der Waals surface area contributed by atoms with Gasteiger partial charge < -0.3 is 78.1 Å². The van der Waals surface area contributed by atoms with E-state index in [-0.39, 0.29) is 175 Å². The fourth-order valence-electron chi connectivity index (χ4n) is 10.0. The summed E-state index contributed by atoms with van der Waals surface area (Å²) < 4.78 is 162. The first kappa shape index (κ1) is 110. The van der Waals surface area contributed by atoms with Crippen molar-refractivity contribution in [2.45, 2.75) is 28.6 Å². The van der Waals surface area contributed by atoms with E-state index in [1.165, 1.54) is 88.9 Å². The highest BCUT2D eigenvalue weighted by Crippen LogP contribution is 2.46. The summed E-state index contributed by atoms with van der Waals surface area (Å²) >= 11 is 76.0. The number of benzene rings is 6. The molecule has 708 valence electrons. The zero-order valence-electron chi connectivity index (χ0n) is 67.3. The first-order chi connectivity index (χ1) is 62.8. The Kier molecular flexibility index (Phi) is 39.0. The first-order valence-electron chi connectivity index (χ1n) is 34.8. The second-order valence-electron chi connectivity index (χ2n) is 24.5. The number of nitrogens with zero attached hydrogens (tertiary/aromatic N) is 12. The third-order valence-electron chi connectivity index (χ3n) is 16.2. The number of alkyl halides is 5. The maximum atomic E-state index is 14.6. The zero-order valence-corrected chi connectivity index (χ0v) is 78.8. The highest BCUT2D eigenvalue weighted by Gasteiger charge is 2.35. The summed E-state index contributed by atoms with van der Waals surface area (Å²) in [4.78, 5) is 113. The van der Waals surface area contributed by atoms with E-state index in [1.54, 1.807) is 6.26 Å². The molecular weight excluding hydrogens is 2120 g/mol. The van der Waals surface area contributed by atoms with Gasteiger partial charge in [0.1, 0.15) is 89.1 Å². The van der Waals surface area contributed by atoms with E-state index in [4.69, 9.17) is 210 Å². The van der Waals surface area contributed by atoms with Gasteiger partial charge in [0.05, 0.1) is 103 Å². The molecule has 58 heteroatoms. The Labute approximate surface area is 818 Å². The van der Waals surface area contributed by atoms with Crippen LogP contribution in [0.5, 0.6) is 17.2 Å². The number of hydrogen-bond acceptors (Lipinski definition) is 32. The molecule has 0 fully saturated rings. The molecule has 134 heavy (non-hydrogen) atoms. The van der Waals surface area contributed by atoms with Crippen molar-refractivity contribution in [1.29, 1.82) is 0 Å². The largest absolute Gasteiger partial charge is 0.494 e. The van der Waals surface area contributed by atoms with Crippen LogP contribution in [0.4, 0.5) is 78.8 Å². The summed E-state index contributed by atoms with van der Waals surface area (Å²) in [6, 6.07) is 15.9. The van der Waals surface area contributed by atoms with Crippen molar-refractivity contribution < 1.29 is 116 Å². The van der Waals surface area contributed by atoms with Crippen molar-refractivity contribution in [3.05, 3.63) is 207 Å². The molecule has 0 saturated carbocycles. The number of anilines is 6. The van der Waals surface area contributed by atoms with Crippen LogP contribution in [-0.2, 0) is 14.2 Å². The lowest BCUT2D eigenvalue weighted by molar-refractivity contribution is -0.0330. The third kappa shape index (κ3) is 26.2. The second-order valence-corrected chi connectivity index (χ2v) is 31.5. The minimum Gasteiger partial charge on any atom is -0.494 e. The van der Waals surface area contributed by atoms with Gasteiger partial charge in [-0.15, -0.1) is 11.8 Å². The first-order valence-corrected chi connectivity index (χ1v) is 41.8. The molecule has 0 spiro atoms. The van der Waals surface area contributed by atoms with Crippen molar-refractivity contribution in [3.8, 4) is 85.6 Å². The molecule has 0 unspecified atom stereocenters. The molecule has 12 rings (SSSR count). The highest BCUT2D eigenvalue weighted by atomic mass is 35.5. The number of carboxylic acids is 3. The van der Waals surface area contributed by atoms with Gasteiger partial charge in [-0.3, -0.25) is 0 Å². The van der Waals surface area contributed by atoms with Crippen LogP contribution in [0.3, 0.4) is 0 Å². The van der Waals surface area contributed by atoms with E-state index in [1.807, 2.05) is 0 Å². The molecule has 0 radical (unpaired) electrons. The highest BCUT2D eigenvalue weighted by molar-refractivity contribution is 8.00. The number of carboxylic acid groups (broad SMARTS) is 3. The number of aromatic nitrogens is 12. The molecule has 0 atom stereocenters. The summed E-state index contributed by atoms with van der Waals surface area (Å²) in [7, 11) is 5.96. The Morgan fingerprint density at radius 1 is 0.351 bits per heavy atom. The molecule has 12 aromatic rings. The van der Waals surface area contributed by atoms with Gasteiger partial charge in [0.2, 0.25) is 0 Å². The van der Waals surface area contributed by atoms with Crippen molar-refractivity contribution in [1.82, 2.24) is 59.8 Å². The number of thioether (sulfide) groups is 2. The maximum Gasteiger partial charge on any atom is 0.446 e. The Morgan fingerprint density at radius 2 is 0.604 bits per heavy atom. The molecular formula is C76H51Cl13F10N18O15S2. The number of carbonyl (C=O) groups excluding carboxylic acids is 3. The van der Waals surface area contributed by atoms with Gasteiger partial charge in [-0.2, -0.15) is 13.2 Å². The van der Waals surface area contributed by atoms with E-state index < -0.39 is 145 Å². The third-order valence-corrected chi connectivity index (χ3v) is 22.6. The van der Waals surface area contributed by atoms with Crippen LogP contribution >= 0.6 is 174 Å². The fraction of sp³-hybridized carbons (Fsp3) is 0.132. The predicted octanol–water partition coefficient (Wildman–Crippen LogP) is 21.3. The Hall–Kier alpha value is -11.4. The smallest absolute Gasteiger partial charge is 0.446 e. The molecule has 0 amide bonds. The predicted molar refractivity (Wildman–Crippen MR) is 484 cm³/mol. The van der Waals surface area contributed by atoms with E-state index in [2.05, 4.69) is 78.8 Å². The molecule has 0 aliphatic rings. The molecule has 0 bridgehead atoms. The van der Waals surface area contributed by atoms with Crippen LogP contribution in [0.15, 0.2) is 82.6 Å². The number of halogens is 23. The lowest BCUT2D eigenvalue weighted by Crippen LogP contribution is -2.11. The summed E-state index contributed by atoms with van der Waals surface area (Å²) in [5, 5.41) is 25.9.